The molecule has 6 heteroatoms. The van der Waals surface area contributed by atoms with Gasteiger partial charge in [0, 0.05) is 12.8 Å². The highest BCUT2D eigenvalue weighted by Gasteiger charge is 2.20. The van der Waals surface area contributed by atoms with Crippen LogP contribution in [0.15, 0.2) is 36.5 Å². The second-order valence-corrected chi connectivity index (χ2v) is 24.9. The van der Waals surface area contributed by atoms with Crippen LogP contribution in [0.5, 0.6) is 0 Å². The van der Waals surface area contributed by atoms with Crippen LogP contribution in [0.3, 0.4) is 0 Å². The number of carbonyl (C=O) groups is 2. The Bertz CT molecular complexity index is 1300. The quantitative estimate of drug-likeness (QED) is 0.0320. The van der Waals surface area contributed by atoms with Crippen molar-refractivity contribution in [2.24, 2.45) is 0 Å². The first kappa shape index (κ1) is 78.1. The number of aliphatic hydroxyl groups is 2. The van der Waals surface area contributed by atoms with Crippen molar-refractivity contribution in [1.82, 2.24) is 5.32 Å². The molecule has 472 valence electrons. The Morgan fingerprint density at radius 3 is 0.975 bits per heavy atom. The molecule has 0 aromatic heterocycles. The van der Waals surface area contributed by atoms with Gasteiger partial charge in [0.05, 0.1) is 25.4 Å². The SMILES string of the molecule is CCCCCC/C=C\CCCCCCCC(=O)OCCCCCCCCCCCCCCCCC/C=C\C/C=C\CCCCCCCCCCCCCCCCCCCC(=O)NC(CO)C(O)CCCCCCCCCCCCC. The lowest BCUT2D eigenvalue weighted by Crippen LogP contribution is -2.45. The average molecular weight is 1120 g/mol. The van der Waals surface area contributed by atoms with Crippen LogP contribution in [0.4, 0.5) is 0 Å². The number of allylic oxidation sites excluding steroid dienone is 6. The molecule has 0 aliphatic rings. The molecule has 0 radical (unpaired) electrons. The third-order valence-electron chi connectivity index (χ3n) is 16.9. The van der Waals surface area contributed by atoms with Crippen LogP contribution in [0, 0.1) is 0 Å². The summed E-state index contributed by atoms with van der Waals surface area (Å²) in [5.74, 6) is -0.0199. The largest absolute Gasteiger partial charge is 0.466 e. The van der Waals surface area contributed by atoms with Crippen LogP contribution < -0.4 is 5.32 Å². The minimum Gasteiger partial charge on any atom is -0.466 e. The molecule has 0 heterocycles. The van der Waals surface area contributed by atoms with Gasteiger partial charge in [0.25, 0.3) is 0 Å². The lowest BCUT2D eigenvalue weighted by atomic mass is 10.0. The van der Waals surface area contributed by atoms with E-state index < -0.39 is 12.1 Å². The van der Waals surface area contributed by atoms with E-state index in [0.717, 1.165) is 51.4 Å². The minimum atomic E-state index is -0.660. The van der Waals surface area contributed by atoms with E-state index in [0.29, 0.717) is 25.9 Å². The van der Waals surface area contributed by atoms with Crippen LogP contribution in [0.25, 0.3) is 0 Å². The number of rotatable bonds is 68. The number of nitrogens with one attached hydrogen (secondary N) is 1. The molecule has 0 aromatic carbocycles. The fourth-order valence-corrected chi connectivity index (χ4v) is 11.4. The van der Waals surface area contributed by atoms with Crippen LogP contribution in [0.1, 0.15) is 399 Å². The Morgan fingerprint density at radius 2 is 0.625 bits per heavy atom. The monoisotopic (exact) mass is 1120 g/mol. The molecule has 2 unspecified atom stereocenters. The first-order valence-corrected chi connectivity index (χ1v) is 36.2. The van der Waals surface area contributed by atoms with Gasteiger partial charge in [0.15, 0.2) is 0 Å². The molecule has 0 bridgehead atoms. The number of aliphatic hydroxyl groups excluding tert-OH is 2. The summed E-state index contributed by atoms with van der Waals surface area (Å²) >= 11 is 0. The fraction of sp³-hybridized carbons (Fsp3) is 0.892. The molecule has 1 amide bonds. The van der Waals surface area contributed by atoms with Crippen LogP contribution in [0.2, 0.25) is 0 Å². The van der Waals surface area contributed by atoms with Gasteiger partial charge in [-0.25, -0.2) is 0 Å². The zero-order valence-corrected chi connectivity index (χ0v) is 54.1. The number of hydrogen-bond acceptors (Lipinski definition) is 5. The van der Waals surface area contributed by atoms with Gasteiger partial charge in [-0.1, -0.05) is 339 Å². The molecular formula is C74H141NO5. The maximum Gasteiger partial charge on any atom is 0.305 e. The summed E-state index contributed by atoms with van der Waals surface area (Å²) in [7, 11) is 0. The van der Waals surface area contributed by atoms with Gasteiger partial charge >= 0.3 is 5.97 Å². The number of carbonyl (C=O) groups excluding carboxylic acids is 2. The van der Waals surface area contributed by atoms with E-state index in [2.05, 4.69) is 55.6 Å². The van der Waals surface area contributed by atoms with Gasteiger partial charge in [-0.05, 0) is 83.5 Å². The van der Waals surface area contributed by atoms with Crippen molar-refractivity contribution in [1.29, 1.82) is 0 Å². The summed E-state index contributed by atoms with van der Waals surface area (Å²) in [6, 6.07) is -0.537. The highest BCUT2D eigenvalue weighted by atomic mass is 16.5. The summed E-state index contributed by atoms with van der Waals surface area (Å²) in [5.41, 5.74) is 0. The number of hydrogen-bond donors (Lipinski definition) is 3. The summed E-state index contributed by atoms with van der Waals surface area (Å²) < 4.78 is 5.48. The lowest BCUT2D eigenvalue weighted by Gasteiger charge is -2.22. The molecule has 0 aliphatic heterocycles. The predicted molar refractivity (Wildman–Crippen MR) is 352 cm³/mol. The van der Waals surface area contributed by atoms with Gasteiger partial charge in [0.1, 0.15) is 0 Å². The van der Waals surface area contributed by atoms with Gasteiger partial charge in [-0.2, -0.15) is 0 Å². The second-order valence-electron chi connectivity index (χ2n) is 24.9. The Labute approximate surface area is 500 Å². The van der Waals surface area contributed by atoms with E-state index in [1.54, 1.807) is 0 Å². The molecule has 2 atom stereocenters. The number of amides is 1. The van der Waals surface area contributed by atoms with E-state index in [1.165, 1.54) is 315 Å². The Morgan fingerprint density at radius 1 is 0.350 bits per heavy atom. The maximum absolute atomic E-state index is 12.5. The number of ether oxygens (including phenoxy) is 1. The molecule has 0 rings (SSSR count). The second kappa shape index (κ2) is 69.6. The zero-order chi connectivity index (χ0) is 57.8. The molecule has 80 heavy (non-hydrogen) atoms. The van der Waals surface area contributed by atoms with Gasteiger partial charge in [0.2, 0.25) is 5.91 Å². The maximum atomic E-state index is 12.5. The van der Waals surface area contributed by atoms with Crippen LogP contribution in [-0.2, 0) is 14.3 Å². The van der Waals surface area contributed by atoms with Crippen LogP contribution in [-0.4, -0.2) is 47.4 Å². The van der Waals surface area contributed by atoms with Crippen molar-refractivity contribution in [3.8, 4) is 0 Å². The van der Waals surface area contributed by atoms with E-state index in [4.69, 9.17) is 4.74 Å². The summed E-state index contributed by atoms with van der Waals surface area (Å²) in [4.78, 5) is 24.5. The minimum absolute atomic E-state index is 0.0113. The first-order valence-electron chi connectivity index (χ1n) is 36.2. The van der Waals surface area contributed by atoms with E-state index in [1.807, 2.05) is 0 Å². The molecule has 3 N–H and O–H groups in total. The molecular weight excluding hydrogens is 983 g/mol. The lowest BCUT2D eigenvalue weighted by molar-refractivity contribution is -0.143. The Kier molecular flexibility index (Phi) is 67.9. The van der Waals surface area contributed by atoms with E-state index >= 15 is 0 Å². The Balaban J connectivity index is 3.33. The van der Waals surface area contributed by atoms with Gasteiger partial charge in [-0.3, -0.25) is 9.59 Å². The summed E-state index contributed by atoms with van der Waals surface area (Å²) in [6.45, 7) is 4.95. The van der Waals surface area contributed by atoms with Gasteiger partial charge in [-0.15, -0.1) is 0 Å². The molecule has 0 aromatic rings. The zero-order valence-electron chi connectivity index (χ0n) is 54.1. The standard InChI is InChI=1S/C74H141NO5/c1-3-5-7-9-11-13-15-43-48-52-56-60-64-68-74(79)80-69-65-61-57-53-49-45-42-40-38-36-34-32-30-28-26-24-22-20-18-16-17-19-21-23-25-27-29-31-33-35-37-39-41-44-47-51-55-59-63-67-73(78)75-71(70-76)72(77)66-62-58-54-50-46-14-12-10-8-6-4-2/h13,15-17,20,22,71-72,76-77H,3-12,14,18-19,21,23-70H2,1-2H3,(H,75,78)/b15-13-,17-16-,22-20-. The average Bonchev–Trinajstić information content (AvgIpc) is 3.46. The molecule has 0 saturated heterocycles. The summed E-state index contributed by atoms with van der Waals surface area (Å²) in [6.07, 6.45) is 89.4. The van der Waals surface area contributed by atoms with E-state index in [9.17, 15) is 19.8 Å². The van der Waals surface area contributed by atoms with E-state index in [-0.39, 0.29) is 18.5 Å². The topological polar surface area (TPSA) is 95.9 Å². The van der Waals surface area contributed by atoms with Crippen molar-refractivity contribution in [2.45, 2.75) is 411 Å². The number of unbranched alkanes of at least 4 members (excludes halogenated alkanes) is 51. The molecule has 0 saturated carbocycles. The fourth-order valence-electron chi connectivity index (χ4n) is 11.4. The molecule has 0 aliphatic carbocycles. The molecule has 0 fully saturated rings. The molecule has 6 nitrogen and oxygen atoms in total. The number of esters is 1. The first-order chi connectivity index (χ1) is 39.5. The van der Waals surface area contributed by atoms with Crippen molar-refractivity contribution in [3.63, 3.8) is 0 Å². The smallest absolute Gasteiger partial charge is 0.305 e. The highest BCUT2D eigenvalue weighted by molar-refractivity contribution is 5.76. The van der Waals surface area contributed by atoms with Crippen molar-refractivity contribution in [3.05, 3.63) is 36.5 Å². The third-order valence-corrected chi connectivity index (χ3v) is 16.9. The Hall–Kier alpha value is -1.92. The van der Waals surface area contributed by atoms with Crippen molar-refractivity contribution in [2.75, 3.05) is 13.2 Å². The van der Waals surface area contributed by atoms with Crippen LogP contribution >= 0.6 is 0 Å². The van der Waals surface area contributed by atoms with Crippen molar-refractivity contribution >= 4 is 11.9 Å². The third kappa shape index (κ3) is 65.2. The van der Waals surface area contributed by atoms with Crippen molar-refractivity contribution < 1.29 is 24.5 Å². The molecule has 0 spiro atoms. The predicted octanol–water partition coefficient (Wildman–Crippen LogP) is 23.5. The highest BCUT2D eigenvalue weighted by Crippen LogP contribution is 2.19. The normalized spacial score (nSPS) is 12.7. The summed E-state index contributed by atoms with van der Waals surface area (Å²) in [5, 5.41) is 23.2. The van der Waals surface area contributed by atoms with Gasteiger partial charge < -0.3 is 20.3 Å².